The first-order chi connectivity index (χ1) is 38.7. The molecule has 13 rings (SSSR count). The number of rotatable bonds is 0. The molecule has 0 saturated carbocycles. The molecule has 5 heterocycles. The number of aryl methyl sites for hydroxylation is 16. The molecule has 0 radical (unpaired) electrons. The second kappa shape index (κ2) is 18.5. The number of hydrogen-bond acceptors (Lipinski definition) is 7. The summed E-state index contributed by atoms with van der Waals surface area (Å²) in [6.07, 6.45) is 0. The molecule has 9 nitrogen and oxygen atoms in total. The predicted octanol–water partition coefficient (Wildman–Crippen LogP) is 18.0. The summed E-state index contributed by atoms with van der Waals surface area (Å²) in [6, 6.07) is 0. The van der Waals surface area contributed by atoms with Gasteiger partial charge in [-0.25, -0.2) is 9.97 Å². The van der Waals surface area contributed by atoms with Crippen LogP contribution in [0.1, 0.15) is 134 Å². The number of aromatic nitrogens is 8. The molecule has 11 aromatic rings. The van der Waals surface area contributed by atoms with Crippen molar-refractivity contribution in [1.82, 2.24) is 39.9 Å². The molecule has 82 heavy (non-hydrogen) atoms. The molecule has 8 bridgehead atoms. The van der Waals surface area contributed by atoms with Crippen molar-refractivity contribution < 1.29 is 21.0 Å². The molecule has 2 aliphatic rings. The molecule has 3 aromatic heterocycles. The van der Waals surface area contributed by atoms with Crippen LogP contribution in [0.25, 0.3) is 133 Å². The molecule has 0 fully saturated rings. The van der Waals surface area contributed by atoms with Crippen LogP contribution in [0.15, 0.2) is 0 Å². The summed E-state index contributed by atoms with van der Waals surface area (Å²) in [5.74, 6) is 2.35. The summed E-state index contributed by atoms with van der Waals surface area (Å²) in [4.78, 5) is 45.7. The third kappa shape index (κ3) is 6.87. The van der Waals surface area contributed by atoms with E-state index in [0.29, 0.717) is 45.9 Å². The number of nitrogens with zero attached hydrogens (tertiary/aromatic N) is 8. The van der Waals surface area contributed by atoms with Crippen molar-refractivity contribution in [3.05, 3.63) is 134 Å². The zero-order chi connectivity index (χ0) is 59.4. The molecule has 0 aliphatic carbocycles. The molecular weight excluding hydrogens is 1040 g/mol. The minimum atomic E-state index is 0.588. The molecule has 0 unspecified atom stereocenters. The van der Waals surface area contributed by atoms with Gasteiger partial charge in [-0.15, -0.1) is 0 Å². The van der Waals surface area contributed by atoms with Gasteiger partial charge in [0.15, 0.2) is 0 Å². The molecule has 0 N–H and O–H groups in total. The molecule has 0 saturated heterocycles. The van der Waals surface area contributed by atoms with Crippen LogP contribution in [-0.2, 0) is 21.0 Å². The number of hydrogen-bond donors (Lipinski definition) is 0. The van der Waals surface area contributed by atoms with Crippen LogP contribution in [0.3, 0.4) is 0 Å². The van der Waals surface area contributed by atoms with Crippen molar-refractivity contribution >= 4 is 87.2 Å². The van der Waals surface area contributed by atoms with Crippen molar-refractivity contribution in [1.29, 1.82) is 0 Å². The topological polar surface area (TPSA) is 123 Å². The monoisotopic (exact) mass is 1120 g/mol. The molecule has 10 heteroatoms. The average Bonchev–Trinajstić information content (AvgIpc) is 2.56. The Bertz CT molecular complexity index is 4480. The Kier molecular flexibility index (Phi) is 12.4. The van der Waals surface area contributed by atoms with Crippen LogP contribution >= 0.6 is 0 Å². The summed E-state index contributed by atoms with van der Waals surface area (Å²) in [5, 5.41) is 13.9. The third-order valence-electron chi connectivity index (χ3n) is 21.2. The fourth-order valence-corrected chi connectivity index (χ4v) is 15.6. The van der Waals surface area contributed by atoms with Gasteiger partial charge in [-0.1, -0.05) is 0 Å². The molecular formula is C72H72N8OV. The van der Waals surface area contributed by atoms with Gasteiger partial charge in [0.05, 0.1) is 23.3 Å². The van der Waals surface area contributed by atoms with Gasteiger partial charge in [0.1, 0.15) is 0 Å². The van der Waals surface area contributed by atoms with Gasteiger partial charge < -0.3 is 29.9 Å². The molecule has 8 aromatic carbocycles. The van der Waals surface area contributed by atoms with E-state index in [2.05, 4.69) is 166 Å². The molecule has 411 valence electrons. The van der Waals surface area contributed by atoms with Gasteiger partial charge in [0.2, 0.25) is 0 Å². The summed E-state index contributed by atoms with van der Waals surface area (Å²) < 4.78 is 8.19. The second-order valence-electron chi connectivity index (χ2n) is 24.5. The fourth-order valence-electron chi connectivity index (χ4n) is 15.6. The van der Waals surface area contributed by atoms with Crippen molar-refractivity contribution in [3.8, 4) is 45.6 Å². The quantitative estimate of drug-likeness (QED) is 0.146. The van der Waals surface area contributed by atoms with E-state index in [1.54, 1.807) is 0 Å². The third-order valence-corrected chi connectivity index (χ3v) is 21.2. The summed E-state index contributed by atoms with van der Waals surface area (Å²) in [7, 11) is 0. The van der Waals surface area contributed by atoms with Crippen LogP contribution in [0, 0.1) is 166 Å². The van der Waals surface area contributed by atoms with E-state index in [1.807, 2.05) is 0 Å². The first-order valence-electron chi connectivity index (χ1n) is 28.8. The number of benzene rings is 8. The van der Waals surface area contributed by atoms with Gasteiger partial charge >= 0.3 is 21.0 Å². The van der Waals surface area contributed by atoms with Crippen LogP contribution in [0.4, 0.5) is 0 Å². The van der Waals surface area contributed by atoms with Crippen LogP contribution in [0.5, 0.6) is 0 Å². The van der Waals surface area contributed by atoms with E-state index in [0.717, 1.165) is 106 Å². The maximum atomic E-state index is 8.19. The Morgan fingerprint density at radius 1 is 0.183 bits per heavy atom. The predicted molar refractivity (Wildman–Crippen MR) is 338 cm³/mol. The molecule has 0 spiro atoms. The van der Waals surface area contributed by atoms with Gasteiger partial charge in [-0.05, 0) is 364 Å². The van der Waals surface area contributed by atoms with Gasteiger partial charge in [0, 0.05) is 44.8 Å². The Labute approximate surface area is 490 Å². The van der Waals surface area contributed by atoms with Crippen molar-refractivity contribution in [2.45, 2.75) is 166 Å². The Morgan fingerprint density at radius 3 is 0.488 bits per heavy atom. The fraction of sp³-hybridized carbons (Fsp3) is 0.333. The van der Waals surface area contributed by atoms with Crippen molar-refractivity contribution in [2.24, 2.45) is 0 Å². The van der Waals surface area contributed by atoms with Crippen molar-refractivity contribution in [2.75, 3.05) is 0 Å². The van der Waals surface area contributed by atoms with Gasteiger partial charge in [-0.3, -0.25) is 0 Å². The zero-order valence-electron chi connectivity index (χ0n) is 52.4. The Morgan fingerprint density at radius 2 is 0.329 bits per heavy atom. The SMILES string of the molecule is Cc1c(C)c(C)c2c(C)c3c(c(C)c2c1C)-c1nc-3nc2[n-]c(nc3nc(nc4[n-]c(n1)c1c(C)c5c(C)c(C)c(C)c(C)c5c(C)c41)-c1c-3c(C)c3c(C)c(C)c(C)c(C)c3c1C)c1c(C)c3c(C)c(C)c(C)c(C)c3c(C)c21.[O]=[V+2]. The zero-order valence-corrected chi connectivity index (χ0v) is 53.8. The second-order valence-corrected chi connectivity index (χ2v) is 24.5. The summed E-state index contributed by atoms with van der Waals surface area (Å²) in [6.45, 7) is 54.2. The van der Waals surface area contributed by atoms with E-state index in [4.69, 9.17) is 43.5 Å². The first kappa shape index (κ1) is 55.1. The van der Waals surface area contributed by atoms with Gasteiger partial charge in [-0.2, -0.15) is 0 Å². The van der Waals surface area contributed by atoms with Crippen LogP contribution in [0.2, 0.25) is 0 Å². The summed E-state index contributed by atoms with van der Waals surface area (Å²) >= 11 is 1.06. The van der Waals surface area contributed by atoms with Gasteiger partial charge in [0.25, 0.3) is 0 Å². The van der Waals surface area contributed by atoms with E-state index in [-0.39, 0.29) is 0 Å². The van der Waals surface area contributed by atoms with Crippen molar-refractivity contribution in [3.63, 3.8) is 0 Å². The Balaban J connectivity index is 0.00000329. The van der Waals surface area contributed by atoms with E-state index >= 15 is 0 Å². The Hall–Kier alpha value is -7.46. The first-order valence-corrected chi connectivity index (χ1v) is 29.3. The maximum absolute atomic E-state index is 8.19. The van der Waals surface area contributed by atoms with Crippen LogP contribution in [-0.4, -0.2) is 29.9 Å². The molecule has 2 aliphatic heterocycles. The van der Waals surface area contributed by atoms with Crippen LogP contribution < -0.4 is 9.97 Å². The number of fused-ring (bicyclic) bond motifs is 24. The standard InChI is InChI=1S/C72H72N8.O.V/c1-25-26(2)34(10)50-42(18)58-57(41(17)49(50)33(25)9)65-73-66(58)78-68-61-45(21)53-37(13)29(5)30(6)38(14)54(53)46(22)62(61)70(75-68)80-72-64-48(24)56-40(16)32(8)31(7)39(15)55(56)47(23)63(64)71(76-72)79-69-60-44(20)52-36(12)28(4)27(3)35(11)51(52)43(19)59(60)67(74-69)77-65;;/h1-24H3;;/q-2;;+2. The average molecular weight is 1120 g/mol. The summed E-state index contributed by atoms with van der Waals surface area (Å²) in [5.41, 5.74) is 35.9. The molecule has 0 amide bonds. The normalized spacial score (nSPS) is 12.3. The van der Waals surface area contributed by atoms with E-state index in [1.165, 1.54) is 132 Å². The van der Waals surface area contributed by atoms with E-state index in [9.17, 15) is 0 Å². The van der Waals surface area contributed by atoms with E-state index < -0.39 is 0 Å². The minimum absolute atomic E-state index is 0.588. The molecule has 0 atom stereocenters.